The molecule has 5 heteroatoms. The van der Waals surface area contributed by atoms with E-state index in [1.165, 1.54) is 0 Å². The summed E-state index contributed by atoms with van der Waals surface area (Å²) in [7, 11) is 0. The topological polar surface area (TPSA) is 59.5 Å². The first kappa shape index (κ1) is 14.4. The van der Waals surface area contributed by atoms with E-state index >= 15 is 0 Å². The molecule has 0 saturated carbocycles. The first-order valence-corrected chi connectivity index (χ1v) is 7.17. The van der Waals surface area contributed by atoms with Gasteiger partial charge in [0.1, 0.15) is 5.69 Å². The first-order valence-electron chi connectivity index (χ1n) is 7.17. The maximum absolute atomic E-state index is 12.1. The lowest BCUT2D eigenvalue weighted by Gasteiger charge is -2.25. The van der Waals surface area contributed by atoms with Crippen molar-refractivity contribution in [2.24, 2.45) is 0 Å². The summed E-state index contributed by atoms with van der Waals surface area (Å²) in [4.78, 5) is 28.8. The summed E-state index contributed by atoms with van der Waals surface area (Å²) in [6.45, 7) is 2.47. The van der Waals surface area contributed by atoms with E-state index in [4.69, 9.17) is 4.74 Å². The minimum atomic E-state index is -0.00201. The Kier molecular flexibility index (Phi) is 4.25. The summed E-state index contributed by atoms with van der Waals surface area (Å²) in [6.07, 6.45) is 4.11. The predicted molar refractivity (Wildman–Crippen MR) is 83.6 cm³/mol. The van der Waals surface area contributed by atoms with Crippen LogP contribution in [0.2, 0.25) is 0 Å². The van der Waals surface area contributed by atoms with Crippen molar-refractivity contribution < 1.29 is 14.3 Å². The highest BCUT2D eigenvalue weighted by atomic mass is 16.5. The zero-order valence-corrected chi connectivity index (χ0v) is 12.1. The monoisotopic (exact) mass is 296 g/mol. The van der Waals surface area contributed by atoms with Crippen molar-refractivity contribution in [1.82, 2.24) is 9.88 Å². The number of amides is 1. The molecule has 22 heavy (non-hydrogen) atoms. The molecule has 2 heterocycles. The van der Waals surface area contributed by atoms with Crippen LogP contribution in [-0.4, -0.2) is 48.4 Å². The maximum atomic E-state index is 12.1. The Bertz CT molecular complexity index is 734. The molecule has 0 aliphatic carbocycles. The number of aldehydes is 1. The number of hydrogen-bond acceptors (Lipinski definition) is 4. The lowest BCUT2D eigenvalue weighted by molar-refractivity contribution is -0.129. The van der Waals surface area contributed by atoms with Crippen molar-refractivity contribution >= 4 is 29.2 Å². The van der Waals surface area contributed by atoms with Gasteiger partial charge in [0.25, 0.3) is 0 Å². The van der Waals surface area contributed by atoms with Gasteiger partial charge in [-0.3, -0.25) is 9.59 Å². The molecule has 1 aliphatic rings. The summed E-state index contributed by atoms with van der Waals surface area (Å²) < 4.78 is 5.23. The van der Waals surface area contributed by atoms with Gasteiger partial charge in [0.2, 0.25) is 5.91 Å². The summed E-state index contributed by atoms with van der Waals surface area (Å²) >= 11 is 0. The van der Waals surface area contributed by atoms with Crippen LogP contribution in [0.4, 0.5) is 0 Å². The van der Waals surface area contributed by atoms with E-state index in [1.54, 1.807) is 23.1 Å². The number of carbonyl (C=O) groups excluding carboxylic acids is 2. The smallest absolute Gasteiger partial charge is 0.246 e. The summed E-state index contributed by atoms with van der Waals surface area (Å²) in [5.74, 6) is -0.00201. The van der Waals surface area contributed by atoms with Gasteiger partial charge < -0.3 is 9.64 Å². The first-order chi connectivity index (χ1) is 10.8. The molecular formula is C17H16N2O3. The van der Waals surface area contributed by atoms with Crippen molar-refractivity contribution in [2.45, 2.75) is 0 Å². The van der Waals surface area contributed by atoms with Gasteiger partial charge in [0.05, 0.1) is 18.7 Å². The second-order valence-electron chi connectivity index (χ2n) is 5.08. The quantitative estimate of drug-likeness (QED) is 0.641. The van der Waals surface area contributed by atoms with Crippen LogP contribution in [0.3, 0.4) is 0 Å². The van der Waals surface area contributed by atoms with Crippen LogP contribution in [0, 0.1) is 0 Å². The van der Waals surface area contributed by atoms with Crippen molar-refractivity contribution in [3.8, 4) is 0 Å². The zero-order chi connectivity index (χ0) is 15.4. The number of pyridine rings is 1. The molecule has 3 rings (SSSR count). The third kappa shape index (κ3) is 3.20. The Balaban J connectivity index is 1.77. The third-order valence-electron chi connectivity index (χ3n) is 3.60. The van der Waals surface area contributed by atoms with Crippen LogP contribution in [-0.2, 0) is 9.53 Å². The number of carbonyl (C=O) groups is 2. The molecule has 1 aromatic carbocycles. The zero-order valence-electron chi connectivity index (χ0n) is 12.1. The Morgan fingerprint density at radius 1 is 1.18 bits per heavy atom. The third-order valence-corrected chi connectivity index (χ3v) is 3.60. The molecule has 0 radical (unpaired) electrons. The number of rotatable bonds is 3. The van der Waals surface area contributed by atoms with E-state index in [0.29, 0.717) is 32.0 Å². The van der Waals surface area contributed by atoms with Crippen molar-refractivity contribution in [3.63, 3.8) is 0 Å². The fourth-order valence-corrected chi connectivity index (χ4v) is 2.39. The average molecular weight is 296 g/mol. The molecular weight excluding hydrogens is 280 g/mol. The summed E-state index contributed by atoms with van der Waals surface area (Å²) in [6, 6.07) is 9.21. The minimum absolute atomic E-state index is 0.00201. The van der Waals surface area contributed by atoms with Crippen LogP contribution >= 0.6 is 0 Å². The predicted octanol–water partition coefficient (Wildman–Crippen LogP) is 1.92. The van der Waals surface area contributed by atoms with Crippen LogP contribution in [0.5, 0.6) is 0 Å². The molecule has 1 amide bonds. The van der Waals surface area contributed by atoms with Gasteiger partial charge in [-0.1, -0.05) is 12.1 Å². The number of aromatic nitrogens is 1. The molecule has 1 aliphatic heterocycles. The molecule has 1 fully saturated rings. The Morgan fingerprint density at radius 3 is 2.77 bits per heavy atom. The molecule has 0 N–H and O–H groups in total. The van der Waals surface area contributed by atoms with E-state index in [-0.39, 0.29) is 5.91 Å². The highest BCUT2D eigenvalue weighted by molar-refractivity contribution is 5.93. The number of benzene rings is 1. The Hall–Kier alpha value is -2.53. The molecule has 5 nitrogen and oxygen atoms in total. The molecule has 0 spiro atoms. The minimum Gasteiger partial charge on any atom is -0.378 e. The second kappa shape index (κ2) is 6.49. The lowest BCUT2D eigenvalue weighted by atomic mass is 10.1. The number of morpholine rings is 1. The van der Waals surface area contributed by atoms with Crippen LogP contribution < -0.4 is 0 Å². The fourth-order valence-electron chi connectivity index (χ4n) is 2.39. The standard InChI is InChI=1S/C17H16N2O3/c20-12-15-4-3-14-11-13(1-5-16(14)18-15)2-6-17(21)19-7-9-22-10-8-19/h1-6,11-12H,7-10H2/b6-2+. The van der Waals surface area contributed by atoms with Gasteiger partial charge in [-0.2, -0.15) is 0 Å². The van der Waals surface area contributed by atoms with Crippen molar-refractivity contribution in [1.29, 1.82) is 0 Å². The normalized spacial score (nSPS) is 15.4. The summed E-state index contributed by atoms with van der Waals surface area (Å²) in [5.41, 5.74) is 2.11. The van der Waals surface area contributed by atoms with Gasteiger partial charge in [0.15, 0.2) is 6.29 Å². The van der Waals surface area contributed by atoms with Crippen LogP contribution in [0.25, 0.3) is 17.0 Å². The van der Waals surface area contributed by atoms with E-state index < -0.39 is 0 Å². The molecule has 0 unspecified atom stereocenters. The van der Waals surface area contributed by atoms with E-state index in [1.807, 2.05) is 24.3 Å². The van der Waals surface area contributed by atoms with Crippen molar-refractivity contribution in [2.75, 3.05) is 26.3 Å². The lowest BCUT2D eigenvalue weighted by Crippen LogP contribution is -2.39. The SMILES string of the molecule is O=Cc1ccc2cc(/C=C/C(=O)N3CCOCC3)ccc2n1. The molecule has 0 bridgehead atoms. The second-order valence-corrected chi connectivity index (χ2v) is 5.08. The number of nitrogens with zero attached hydrogens (tertiary/aromatic N) is 2. The molecule has 112 valence electrons. The number of hydrogen-bond donors (Lipinski definition) is 0. The number of ether oxygens (including phenoxy) is 1. The Morgan fingerprint density at radius 2 is 2.00 bits per heavy atom. The van der Waals surface area contributed by atoms with Crippen molar-refractivity contribution in [3.05, 3.63) is 47.7 Å². The van der Waals surface area contributed by atoms with E-state index in [2.05, 4.69) is 4.98 Å². The van der Waals surface area contributed by atoms with Gasteiger partial charge in [-0.15, -0.1) is 0 Å². The Labute approximate surface area is 128 Å². The van der Waals surface area contributed by atoms with Crippen LogP contribution in [0.15, 0.2) is 36.4 Å². The largest absolute Gasteiger partial charge is 0.378 e. The van der Waals surface area contributed by atoms with Gasteiger partial charge in [-0.25, -0.2) is 4.98 Å². The maximum Gasteiger partial charge on any atom is 0.246 e. The van der Waals surface area contributed by atoms with E-state index in [0.717, 1.165) is 22.8 Å². The molecule has 2 aromatic rings. The average Bonchev–Trinajstić information content (AvgIpc) is 2.59. The van der Waals surface area contributed by atoms with Gasteiger partial charge in [-0.05, 0) is 29.8 Å². The highest BCUT2D eigenvalue weighted by Gasteiger charge is 2.13. The van der Waals surface area contributed by atoms with E-state index in [9.17, 15) is 9.59 Å². The van der Waals surface area contributed by atoms with Crippen LogP contribution in [0.1, 0.15) is 16.1 Å². The molecule has 1 saturated heterocycles. The summed E-state index contributed by atoms with van der Waals surface area (Å²) in [5, 5.41) is 0.937. The number of fused-ring (bicyclic) bond motifs is 1. The molecule has 0 atom stereocenters. The van der Waals surface area contributed by atoms with Gasteiger partial charge in [0, 0.05) is 24.6 Å². The fraction of sp³-hybridized carbons (Fsp3) is 0.235. The molecule has 1 aromatic heterocycles. The highest BCUT2D eigenvalue weighted by Crippen LogP contribution is 2.15. The van der Waals surface area contributed by atoms with Gasteiger partial charge >= 0.3 is 0 Å².